The molecule has 0 aliphatic carbocycles. The summed E-state index contributed by atoms with van der Waals surface area (Å²) in [6.07, 6.45) is 8.64. The van der Waals surface area contributed by atoms with Gasteiger partial charge in [-0.15, -0.1) is 0 Å². The first-order chi connectivity index (χ1) is 7.18. The zero-order valence-electron chi connectivity index (χ0n) is 10.5. The van der Waals surface area contributed by atoms with Crippen LogP contribution in [-0.4, -0.2) is 32.2 Å². The number of hydrogen-bond donors (Lipinski definition) is 1. The summed E-state index contributed by atoms with van der Waals surface area (Å²) in [5, 5.41) is 8.35. The Balaban J connectivity index is 0. The average molecular weight is 321 g/mol. The molecule has 0 atom stereocenters. The Morgan fingerprint density at radius 1 is 1.00 bits per heavy atom. The summed E-state index contributed by atoms with van der Waals surface area (Å²) in [4.78, 5) is 14.7. The summed E-state index contributed by atoms with van der Waals surface area (Å²) in [5.41, 5.74) is 0. The first-order valence-electron chi connectivity index (χ1n) is 5.99. The summed E-state index contributed by atoms with van der Waals surface area (Å²) in [6, 6.07) is 0. The molecule has 0 fully saturated rings. The van der Waals surface area contributed by atoms with Crippen molar-refractivity contribution in [3.63, 3.8) is 0 Å². The van der Waals surface area contributed by atoms with Crippen LogP contribution in [-0.2, 0) is 4.79 Å². The number of carboxylic acid groups (broad SMARTS) is 1. The van der Waals surface area contributed by atoms with E-state index in [-0.39, 0.29) is 21.1 Å². The molecule has 0 heterocycles. The molecule has 2 radical (unpaired) electrons. The maximum atomic E-state index is 10.1. The van der Waals surface area contributed by atoms with Gasteiger partial charge in [0.15, 0.2) is 0 Å². The van der Waals surface area contributed by atoms with Gasteiger partial charge in [0.2, 0.25) is 0 Å². The van der Waals surface area contributed by atoms with Crippen molar-refractivity contribution in [3.8, 4) is 0 Å². The van der Waals surface area contributed by atoms with Gasteiger partial charge in [-0.1, -0.05) is 45.4 Å². The third-order valence-electron chi connectivity index (χ3n) is 1.99. The molecule has 0 rings (SSSR count). The van der Waals surface area contributed by atoms with Crippen LogP contribution in [0, 0.1) is 0 Å². The standard InChI is InChI=1S/C10H20O2.2CH3.Sn/c1-2-3-4-5-6-7-8-9-10(11)12;;;/h2-9H2,1H3,(H,11,12);2*1H3;. The van der Waals surface area contributed by atoms with Crippen molar-refractivity contribution in [1.29, 1.82) is 0 Å². The van der Waals surface area contributed by atoms with Crippen molar-refractivity contribution in [3.05, 3.63) is 0 Å². The normalized spacial score (nSPS) is 9.27. The summed E-state index contributed by atoms with van der Waals surface area (Å²) in [7, 11) is 0. The molecule has 0 spiro atoms. The number of aliphatic carboxylic acids is 1. The van der Waals surface area contributed by atoms with E-state index in [0.717, 1.165) is 12.8 Å². The number of hydrogen-bond acceptors (Lipinski definition) is 1. The third-order valence-corrected chi connectivity index (χ3v) is 1.99. The first kappa shape index (κ1) is 17.7. The Morgan fingerprint density at radius 3 is 1.80 bits per heavy atom. The molecule has 0 saturated carbocycles. The molecule has 0 aromatic rings. The van der Waals surface area contributed by atoms with E-state index in [0.29, 0.717) is 6.42 Å². The van der Waals surface area contributed by atoms with E-state index in [9.17, 15) is 4.79 Å². The molecule has 0 aliphatic heterocycles. The Hall–Kier alpha value is 0.269. The van der Waals surface area contributed by atoms with Crippen molar-refractivity contribution in [2.45, 2.75) is 68.2 Å². The molecule has 0 aromatic heterocycles. The van der Waals surface area contributed by atoms with Crippen LogP contribution in [0.1, 0.15) is 58.3 Å². The molecule has 0 saturated heterocycles. The molecule has 90 valence electrons. The third kappa shape index (κ3) is 25.0. The van der Waals surface area contributed by atoms with Crippen LogP contribution in [0.4, 0.5) is 0 Å². The second-order valence-corrected chi connectivity index (χ2v) is 6.62. The van der Waals surface area contributed by atoms with Gasteiger partial charge in [-0.3, -0.25) is 4.79 Å². The quantitative estimate of drug-likeness (QED) is 0.542. The number of rotatable bonds is 8. The second kappa shape index (κ2) is 16.7. The Morgan fingerprint density at radius 2 is 1.40 bits per heavy atom. The number of carboxylic acids is 1. The van der Waals surface area contributed by atoms with E-state index < -0.39 is 5.97 Å². The molecule has 0 aromatic carbocycles. The van der Waals surface area contributed by atoms with E-state index >= 15 is 0 Å². The van der Waals surface area contributed by atoms with Gasteiger partial charge < -0.3 is 5.11 Å². The zero-order chi connectivity index (χ0) is 11.9. The molecule has 0 aliphatic rings. The molecule has 3 heteroatoms. The second-order valence-electron chi connectivity index (χ2n) is 3.77. The minimum absolute atomic E-state index is 0.230. The van der Waals surface area contributed by atoms with E-state index in [2.05, 4.69) is 16.8 Å². The molecular weight excluding hydrogens is 295 g/mol. The van der Waals surface area contributed by atoms with Crippen LogP contribution in [0.2, 0.25) is 9.88 Å². The molecular formula is C12H26O2Sn. The monoisotopic (exact) mass is 322 g/mol. The fourth-order valence-electron chi connectivity index (χ4n) is 1.23. The van der Waals surface area contributed by atoms with Crippen LogP contribution in [0.15, 0.2) is 0 Å². The van der Waals surface area contributed by atoms with E-state index in [1.807, 2.05) is 0 Å². The summed E-state index contributed by atoms with van der Waals surface area (Å²) in [6.45, 7) is 2.20. The Kier molecular flexibility index (Phi) is 19.6. The summed E-state index contributed by atoms with van der Waals surface area (Å²) in [5.74, 6) is -0.663. The van der Waals surface area contributed by atoms with Gasteiger partial charge in [-0.05, 0) is 6.42 Å². The predicted molar refractivity (Wildman–Crippen MR) is 67.7 cm³/mol. The van der Waals surface area contributed by atoms with Gasteiger partial charge in [0.1, 0.15) is 0 Å². The Labute approximate surface area is 105 Å². The van der Waals surface area contributed by atoms with Gasteiger partial charge in [-0.2, -0.15) is 0 Å². The van der Waals surface area contributed by atoms with Crippen LogP contribution < -0.4 is 0 Å². The number of carbonyl (C=O) groups is 1. The topological polar surface area (TPSA) is 37.3 Å². The predicted octanol–water partition coefficient (Wildman–Crippen LogP) is 4.00. The first-order valence-corrected chi connectivity index (χ1v) is 11.7. The van der Waals surface area contributed by atoms with E-state index in [1.165, 1.54) is 32.1 Å². The van der Waals surface area contributed by atoms with E-state index in [1.54, 1.807) is 0 Å². The van der Waals surface area contributed by atoms with Gasteiger partial charge in [0, 0.05) is 6.42 Å². The number of unbranched alkanes of at least 4 members (excludes halogenated alkanes) is 6. The van der Waals surface area contributed by atoms with Crippen LogP contribution in [0.3, 0.4) is 0 Å². The van der Waals surface area contributed by atoms with Crippen molar-refractivity contribution in [2.24, 2.45) is 0 Å². The molecule has 0 unspecified atom stereocenters. The SMILES string of the molecule is CCCCCCCCCC(=O)O.[CH3][Sn][CH3]. The minimum atomic E-state index is -0.663. The molecule has 0 amide bonds. The molecule has 15 heavy (non-hydrogen) atoms. The van der Waals surface area contributed by atoms with Gasteiger partial charge >= 0.3 is 37.0 Å². The van der Waals surface area contributed by atoms with Crippen LogP contribution >= 0.6 is 0 Å². The fourth-order valence-corrected chi connectivity index (χ4v) is 1.23. The summed E-state index contributed by atoms with van der Waals surface area (Å²) >= 11 is 0.230. The fraction of sp³-hybridized carbons (Fsp3) is 0.917. The van der Waals surface area contributed by atoms with Crippen molar-refractivity contribution in [1.82, 2.24) is 0 Å². The maximum absolute atomic E-state index is 10.1. The van der Waals surface area contributed by atoms with Crippen molar-refractivity contribution < 1.29 is 9.90 Å². The zero-order valence-corrected chi connectivity index (χ0v) is 13.4. The van der Waals surface area contributed by atoms with Crippen molar-refractivity contribution in [2.75, 3.05) is 0 Å². The van der Waals surface area contributed by atoms with E-state index in [4.69, 9.17) is 5.11 Å². The van der Waals surface area contributed by atoms with Gasteiger partial charge in [0.05, 0.1) is 0 Å². The molecule has 2 nitrogen and oxygen atoms in total. The van der Waals surface area contributed by atoms with Crippen LogP contribution in [0.25, 0.3) is 0 Å². The van der Waals surface area contributed by atoms with Gasteiger partial charge in [-0.25, -0.2) is 0 Å². The average Bonchev–Trinajstić information content (AvgIpc) is 2.17. The molecule has 0 bridgehead atoms. The van der Waals surface area contributed by atoms with Crippen LogP contribution in [0.5, 0.6) is 0 Å². The van der Waals surface area contributed by atoms with Gasteiger partial charge in [0.25, 0.3) is 0 Å². The van der Waals surface area contributed by atoms with Crippen molar-refractivity contribution >= 4 is 27.1 Å². The Bertz CT molecular complexity index is 127. The molecule has 1 N–H and O–H groups in total. The summed E-state index contributed by atoms with van der Waals surface area (Å²) < 4.78 is 0.